The quantitative estimate of drug-likeness (QED) is 0.111. The Morgan fingerprint density at radius 2 is 1.33 bits per heavy atom. The van der Waals surface area contributed by atoms with Gasteiger partial charge >= 0.3 is 11.9 Å². The average molecular weight is 635 g/mol. The molecule has 3 fully saturated rings. The van der Waals surface area contributed by atoms with Gasteiger partial charge in [0.15, 0.2) is 0 Å². The van der Waals surface area contributed by atoms with E-state index in [-0.39, 0.29) is 24.1 Å². The van der Waals surface area contributed by atoms with E-state index in [9.17, 15) is 9.59 Å². The predicted octanol–water partition coefficient (Wildman–Crippen LogP) is 9.52. The highest BCUT2D eigenvalue weighted by Gasteiger charge is 2.36. The highest BCUT2D eigenvalue weighted by atomic mass is 16.5. The van der Waals surface area contributed by atoms with Crippen LogP contribution in [0.5, 0.6) is 0 Å². The smallest absolute Gasteiger partial charge is 0.335 e. The van der Waals surface area contributed by atoms with Crippen molar-refractivity contribution in [2.24, 2.45) is 35.5 Å². The fourth-order valence-corrected chi connectivity index (χ4v) is 8.87. The van der Waals surface area contributed by atoms with Gasteiger partial charge in [-0.15, -0.1) is 0 Å². The second kappa shape index (κ2) is 18.8. The number of aliphatic hydroxyl groups excluding tert-OH is 1. The van der Waals surface area contributed by atoms with Crippen molar-refractivity contribution in [1.82, 2.24) is 0 Å². The Morgan fingerprint density at radius 1 is 0.783 bits per heavy atom. The lowest BCUT2D eigenvalue weighted by Crippen LogP contribution is -2.32. The van der Waals surface area contributed by atoms with E-state index in [1.807, 2.05) is 0 Å². The lowest BCUT2D eigenvalue weighted by Gasteiger charge is -2.42. The van der Waals surface area contributed by atoms with Gasteiger partial charge in [0.25, 0.3) is 0 Å². The number of benzene rings is 1. The number of carbonyl (C=O) groups is 2. The third kappa shape index (κ3) is 10.8. The summed E-state index contributed by atoms with van der Waals surface area (Å²) >= 11 is 0. The van der Waals surface area contributed by atoms with Gasteiger partial charge < -0.3 is 14.6 Å². The molecule has 1 unspecified atom stereocenters. The van der Waals surface area contributed by atoms with Crippen LogP contribution in [0.25, 0.3) is 0 Å². The maximum atomic E-state index is 12.1. The van der Waals surface area contributed by atoms with E-state index in [0.717, 1.165) is 42.4 Å². The van der Waals surface area contributed by atoms with Crippen LogP contribution in [0.1, 0.15) is 134 Å². The minimum absolute atomic E-state index is 0.0619. The Kier molecular flexibility index (Phi) is 14.9. The summed E-state index contributed by atoms with van der Waals surface area (Å²) in [5, 5.41) is 9.14. The van der Waals surface area contributed by atoms with Gasteiger partial charge in [-0.05, 0) is 156 Å². The molecule has 0 radical (unpaired) electrons. The van der Waals surface area contributed by atoms with Gasteiger partial charge in [-0.3, -0.25) is 0 Å². The van der Waals surface area contributed by atoms with Crippen molar-refractivity contribution in [2.45, 2.75) is 129 Å². The number of aliphatic hydroxyl groups is 1. The van der Waals surface area contributed by atoms with Crippen molar-refractivity contribution in [3.05, 3.63) is 59.7 Å². The molecule has 0 heterocycles. The molecule has 4 rings (SSSR count). The first kappa shape index (κ1) is 36.4. The molecule has 5 heteroatoms. The van der Waals surface area contributed by atoms with Gasteiger partial charge in [-0.1, -0.05) is 57.2 Å². The molecular weight excluding hydrogens is 572 g/mol. The molecule has 3 aliphatic carbocycles. The van der Waals surface area contributed by atoms with Gasteiger partial charge in [0.1, 0.15) is 0 Å². The van der Waals surface area contributed by atoms with Crippen LogP contribution in [0.4, 0.5) is 0 Å². The molecule has 0 amide bonds. The first-order chi connectivity index (χ1) is 22.3. The van der Waals surface area contributed by atoms with Crippen molar-refractivity contribution in [2.75, 3.05) is 19.8 Å². The van der Waals surface area contributed by atoms with Crippen LogP contribution >= 0.6 is 0 Å². The number of rotatable bonds is 16. The van der Waals surface area contributed by atoms with E-state index in [0.29, 0.717) is 24.5 Å². The maximum Gasteiger partial charge on any atom is 0.335 e. The van der Waals surface area contributed by atoms with Gasteiger partial charge in [-0.2, -0.15) is 0 Å². The number of esters is 2. The number of carbonyl (C=O) groups excluding carboxylic acids is 2. The minimum Gasteiger partial charge on any atom is -0.462 e. The second-order valence-corrected chi connectivity index (χ2v) is 15.0. The zero-order valence-electron chi connectivity index (χ0n) is 29.0. The lowest BCUT2D eigenvalue weighted by atomic mass is 9.64. The van der Waals surface area contributed by atoms with Crippen LogP contribution in [0.2, 0.25) is 0 Å². The summed E-state index contributed by atoms with van der Waals surface area (Å²) in [5.74, 6) is 3.95. The molecule has 1 aromatic carbocycles. The van der Waals surface area contributed by atoms with E-state index in [2.05, 4.69) is 44.3 Å². The number of hydrogen-bond acceptors (Lipinski definition) is 5. The largest absolute Gasteiger partial charge is 0.462 e. The van der Waals surface area contributed by atoms with E-state index in [1.165, 1.54) is 95.5 Å². The van der Waals surface area contributed by atoms with Crippen molar-refractivity contribution in [3.8, 4) is 0 Å². The van der Waals surface area contributed by atoms with Crippen molar-refractivity contribution >= 4 is 11.9 Å². The highest BCUT2D eigenvalue weighted by molar-refractivity contribution is 5.88. The third-order valence-corrected chi connectivity index (χ3v) is 11.9. The first-order valence-corrected chi connectivity index (χ1v) is 18.7. The van der Waals surface area contributed by atoms with Crippen LogP contribution in [0, 0.1) is 35.5 Å². The van der Waals surface area contributed by atoms with Crippen LogP contribution in [0.15, 0.2) is 48.6 Å². The molecule has 0 saturated heterocycles. The van der Waals surface area contributed by atoms with Crippen LogP contribution in [0.3, 0.4) is 0 Å². The standard InChI is InChI=1S/C41H62O5/c1-5-6-7-8-31-9-11-32(12-10-31)33-13-15-34(16-14-33)35-17-19-36(20-18-35)37-21-23-38(24-22-37)39(28-46-40(43)29(2)3)25-26-45-41(44)30(4)27-42/h9-12,33-39,42H,2,4-8,13-28H2,1,3H3. The molecule has 256 valence electrons. The van der Waals surface area contributed by atoms with E-state index < -0.39 is 12.6 Å². The van der Waals surface area contributed by atoms with Gasteiger partial charge in [0.2, 0.25) is 0 Å². The predicted molar refractivity (Wildman–Crippen MR) is 186 cm³/mol. The van der Waals surface area contributed by atoms with E-state index in [1.54, 1.807) is 12.5 Å². The van der Waals surface area contributed by atoms with Gasteiger partial charge in [0, 0.05) is 5.57 Å². The minimum atomic E-state index is -0.560. The van der Waals surface area contributed by atoms with E-state index >= 15 is 0 Å². The Hall–Kier alpha value is -2.40. The van der Waals surface area contributed by atoms with Gasteiger partial charge in [-0.25, -0.2) is 9.59 Å². The molecular formula is C41H62O5. The normalized spacial score (nSPS) is 27.4. The summed E-state index contributed by atoms with van der Waals surface area (Å²) < 4.78 is 10.9. The summed E-state index contributed by atoms with van der Waals surface area (Å²) in [7, 11) is 0. The Balaban J connectivity index is 1.18. The van der Waals surface area contributed by atoms with E-state index in [4.69, 9.17) is 14.6 Å². The summed E-state index contributed by atoms with van der Waals surface area (Å²) in [6.45, 7) is 11.4. The number of aryl methyl sites for hydroxylation is 1. The summed E-state index contributed by atoms with van der Waals surface area (Å²) in [6, 6.07) is 9.63. The summed E-state index contributed by atoms with van der Waals surface area (Å²) in [4.78, 5) is 24.1. The molecule has 0 spiro atoms. The molecule has 1 N–H and O–H groups in total. The lowest BCUT2D eigenvalue weighted by molar-refractivity contribution is -0.144. The molecule has 1 atom stereocenters. The number of ether oxygens (including phenoxy) is 2. The van der Waals surface area contributed by atoms with Crippen LogP contribution < -0.4 is 0 Å². The number of unbranched alkanes of at least 4 members (excludes halogenated alkanes) is 2. The fraction of sp³-hybridized carbons (Fsp3) is 0.707. The summed E-state index contributed by atoms with van der Waals surface area (Å²) in [5.41, 5.74) is 3.54. The first-order valence-electron chi connectivity index (χ1n) is 18.7. The molecule has 0 aromatic heterocycles. The Labute approximate surface area is 279 Å². The zero-order valence-corrected chi connectivity index (χ0v) is 29.0. The Bertz CT molecular complexity index is 1100. The Morgan fingerprint density at radius 3 is 1.85 bits per heavy atom. The van der Waals surface area contributed by atoms with Crippen LogP contribution in [-0.4, -0.2) is 36.9 Å². The molecule has 46 heavy (non-hydrogen) atoms. The summed E-state index contributed by atoms with van der Waals surface area (Å²) in [6.07, 6.45) is 21.7. The topological polar surface area (TPSA) is 72.8 Å². The molecule has 0 bridgehead atoms. The van der Waals surface area contributed by atoms with Crippen LogP contribution in [-0.2, 0) is 25.5 Å². The maximum absolute atomic E-state index is 12.1. The second-order valence-electron chi connectivity index (χ2n) is 15.0. The molecule has 3 saturated carbocycles. The SMILES string of the molecule is C=C(C)C(=O)OCC(CCOC(=O)C(=C)CO)C1CCC(C2CCC(C3CCC(c4ccc(CCCCC)cc4)CC3)CC2)CC1. The van der Waals surface area contributed by atoms with Crippen molar-refractivity contribution in [3.63, 3.8) is 0 Å². The monoisotopic (exact) mass is 634 g/mol. The fourth-order valence-electron chi connectivity index (χ4n) is 8.87. The molecule has 0 aliphatic heterocycles. The highest BCUT2D eigenvalue weighted by Crippen LogP contribution is 2.48. The third-order valence-electron chi connectivity index (χ3n) is 11.9. The zero-order chi connectivity index (χ0) is 32.9. The van der Waals surface area contributed by atoms with Gasteiger partial charge in [0.05, 0.1) is 25.4 Å². The van der Waals surface area contributed by atoms with Crippen molar-refractivity contribution < 1.29 is 24.2 Å². The average Bonchev–Trinajstić information content (AvgIpc) is 3.09. The molecule has 5 nitrogen and oxygen atoms in total. The van der Waals surface area contributed by atoms with Crippen molar-refractivity contribution in [1.29, 1.82) is 0 Å². The number of hydrogen-bond donors (Lipinski definition) is 1. The molecule has 1 aromatic rings. The molecule has 3 aliphatic rings.